The summed E-state index contributed by atoms with van der Waals surface area (Å²) in [6, 6.07) is 0. The number of aliphatic carboxylic acids is 1. The molecule has 1 aliphatic carbocycles. The second-order valence-electron chi connectivity index (χ2n) is 4.98. The van der Waals surface area contributed by atoms with E-state index in [0.29, 0.717) is 5.92 Å². The number of carbonyl (C=O) groups is 1. The molecule has 0 amide bonds. The SMILES string of the molecule is Cn1ccnc1CCC1CCCCC1C(=O)O. The van der Waals surface area contributed by atoms with Gasteiger partial charge in [-0.1, -0.05) is 12.8 Å². The zero-order valence-corrected chi connectivity index (χ0v) is 10.3. The van der Waals surface area contributed by atoms with Crippen molar-refractivity contribution in [3.8, 4) is 0 Å². The summed E-state index contributed by atoms with van der Waals surface area (Å²) in [5, 5.41) is 9.20. The van der Waals surface area contributed by atoms with Crippen LogP contribution >= 0.6 is 0 Å². The van der Waals surface area contributed by atoms with Crippen molar-refractivity contribution >= 4 is 5.97 Å². The number of hydrogen-bond acceptors (Lipinski definition) is 2. The Bertz CT molecular complexity index is 387. The van der Waals surface area contributed by atoms with Gasteiger partial charge in [0.1, 0.15) is 5.82 Å². The number of aromatic nitrogens is 2. The van der Waals surface area contributed by atoms with E-state index in [4.69, 9.17) is 0 Å². The third-order valence-corrected chi connectivity index (χ3v) is 3.89. The molecule has 17 heavy (non-hydrogen) atoms. The van der Waals surface area contributed by atoms with Gasteiger partial charge in [0.15, 0.2) is 0 Å². The average Bonchev–Trinajstić information content (AvgIpc) is 2.72. The van der Waals surface area contributed by atoms with Gasteiger partial charge in [-0.05, 0) is 25.2 Å². The summed E-state index contributed by atoms with van der Waals surface area (Å²) in [6.07, 6.45) is 9.71. The van der Waals surface area contributed by atoms with Crippen molar-refractivity contribution in [3.63, 3.8) is 0 Å². The van der Waals surface area contributed by atoms with Gasteiger partial charge in [0.25, 0.3) is 0 Å². The second-order valence-corrected chi connectivity index (χ2v) is 4.98. The predicted octanol–water partition coefficient (Wildman–Crippen LogP) is 2.24. The van der Waals surface area contributed by atoms with Gasteiger partial charge in [-0.25, -0.2) is 4.98 Å². The number of carboxylic acid groups (broad SMARTS) is 1. The van der Waals surface area contributed by atoms with Crippen molar-refractivity contribution in [2.75, 3.05) is 0 Å². The van der Waals surface area contributed by atoms with E-state index >= 15 is 0 Å². The zero-order valence-electron chi connectivity index (χ0n) is 10.3. The summed E-state index contributed by atoms with van der Waals surface area (Å²) < 4.78 is 2.01. The minimum atomic E-state index is -0.616. The molecule has 1 aromatic heterocycles. The van der Waals surface area contributed by atoms with Crippen LogP contribution in [-0.4, -0.2) is 20.6 Å². The first-order valence-electron chi connectivity index (χ1n) is 6.37. The second kappa shape index (κ2) is 5.34. The van der Waals surface area contributed by atoms with E-state index in [1.54, 1.807) is 6.20 Å². The summed E-state index contributed by atoms with van der Waals surface area (Å²) in [5.74, 6) is 0.635. The molecule has 1 fully saturated rings. The molecule has 1 N–H and O–H groups in total. The van der Waals surface area contributed by atoms with E-state index < -0.39 is 5.97 Å². The lowest BCUT2D eigenvalue weighted by atomic mass is 9.77. The van der Waals surface area contributed by atoms with Crippen LogP contribution in [0.5, 0.6) is 0 Å². The Balaban J connectivity index is 1.92. The summed E-state index contributed by atoms with van der Waals surface area (Å²) >= 11 is 0. The van der Waals surface area contributed by atoms with Crippen LogP contribution in [-0.2, 0) is 18.3 Å². The summed E-state index contributed by atoms with van der Waals surface area (Å²) in [7, 11) is 1.98. The molecule has 94 valence electrons. The third kappa shape index (κ3) is 2.87. The van der Waals surface area contributed by atoms with Crippen molar-refractivity contribution in [2.24, 2.45) is 18.9 Å². The van der Waals surface area contributed by atoms with Crippen molar-refractivity contribution in [2.45, 2.75) is 38.5 Å². The fourth-order valence-electron chi connectivity index (χ4n) is 2.83. The highest BCUT2D eigenvalue weighted by Crippen LogP contribution is 2.33. The molecule has 1 heterocycles. The lowest BCUT2D eigenvalue weighted by Crippen LogP contribution is -2.27. The monoisotopic (exact) mass is 236 g/mol. The molecule has 4 heteroatoms. The zero-order chi connectivity index (χ0) is 12.3. The lowest BCUT2D eigenvalue weighted by molar-refractivity contribution is -0.145. The first-order valence-corrected chi connectivity index (χ1v) is 6.37. The Kier molecular flexibility index (Phi) is 3.82. The van der Waals surface area contributed by atoms with Crippen LogP contribution < -0.4 is 0 Å². The third-order valence-electron chi connectivity index (χ3n) is 3.89. The first-order chi connectivity index (χ1) is 8.18. The van der Waals surface area contributed by atoms with Crippen LogP contribution in [0.3, 0.4) is 0 Å². The average molecular weight is 236 g/mol. The maximum Gasteiger partial charge on any atom is 0.306 e. The van der Waals surface area contributed by atoms with E-state index in [1.807, 2.05) is 17.8 Å². The lowest BCUT2D eigenvalue weighted by Gasteiger charge is -2.28. The van der Waals surface area contributed by atoms with E-state index in [0.717, 1.165) is 37.9 Å². The van der Waals surface area contributed by atoms with Crippen LogP contribution in [0.15, 0.2) is 12.4 Å². The molecule has 1 aliphatic rings. The van der Waals surface area contributed by atoms with Crippen molar-refractivity contribution in [1.82, 2.24) is 9.55 Å². The Morgan fingerprint density at radius 3 is 2.94 bits per heavy atom. The molecule has 2 rings (SSSR count). The topological polar surface area (TPSA) is 55.1 Å². The fraction of sp³-hybridized carbons (Fsp3) is 0.692. The van der Waals surface area contributed by atoms with Gasteiger partial charge in [-0.15, -0.1) is 0 Å². The minimum absolute atomic E-state index is 0.135. The van der Waals surface area contributed by atoms with Crippen molar-refractivity contribution in [3.05, 3.63) is 18.2 Å². The molecule has 0 spiro atoms. The number of hydrogen-bond donors (Lipinski definition) is 1. The highest BCUT2D eigenvalue weighted by molar-refractivity contribution is 5.70. The standard InChI is InChI=1S/C13H20N2O2/c1-15-9-8-14-12(15)7-6-10-4-2-3-5-11(10)13(16)17/h8-11H,2-7H2,1H3,(H,16,17). The minimum Gasteiger partial charge on any atom is -0.481 e. The van der Waals surface area contributed by atoms with Gasteiger partial charge in [0, 0.05) is 25.9 Å². The van der Waals surface area contributed by atoms with Crippen LogP contribution in [0, 0.1) is 11.8 Å². The van der Waals surface area contributed by atoms with Gasteiger partial charge < -0.3 is 9.67 Å². The van der Waals surface area contributed by atoms with Crippen molar-refractivity contribution in [1.29, 1.82) is 0 Å². The number of imidazole rings is 1. The molecule has 0 saturated heterocycles. The molecule has 0 aromatic carbocycles. The maximum atomic E-state index is 11.2. The molecular weight excluding hydrogens is 216 g/mol. The number of nitrogens with zero attached hydrogens (tertiary/aromatic N) is 2. The summed E-state index contributed by atoms with van der Waals surface area (Å²) in [5.41, 5.74) is 0. The maximum absolute atomic E-state index is 11.2. The summed E-state index contributed by atoms with van der Waals surface area (Å²) in [6.45, 7) is 0. The molecule has 4 nitrogen and oxygen atoms in total. The Hall–Kier alpha value is -1.32. The van der Waals surface area contributed by atoms with E-state index in [-0.39, 0.29) is 5.92 Å². The Morgan fingerprint density at radius 1 is 1.53 bits per heavy atom. The molecule has 0 radical (unpaired) electrons. The highest BCUT2D eigenvalue weighted by Gasteiger charge is 2.30. The predicted molar refractivity (Wildman–Crippen MR) is 64.6 cm³/mol. The van der Waals surface area contributed by atoms with E-state index in [1.165, 1.54) is 6.42 Å². The van der Waals surface area contributed by atoms with Gasteiger partial charge in [-0.3, -0.25) is 4.79 Å². The van der Waals surface area contributed by atoms with Crippen LogP contribution in [0.1, 0.15) is 37.9 Å². The van der Waals surface area contributed by atoms with Gasteiger partial charge >= 0.3 is 5.97 Å². The van der Waals surface area contributed by atoms with Gasteiger partial charge in [-0.2, -0.15) is 0 Å². The van der Waals surface area contributed by atoms with Crippen LogP contribution in [0.4, 0.5) is 0 Å². The molecule has 1 saturated carbocycles. The molecule has 2 atom stereocenters. The fourth-order valence-corrected chi connectivity index (χ4v) is 2.83. The largest absolute Gasteiger partial charge is 0.481 e. The molecule has 1 aromatic rings. The molecule has 0 aliphatic heterocycles. The molecule has 0 bridgehead atoms. The smallest absolute Gasteiger partial charge is 0.306 e. The molecular formula is C13H20N2O2. The first kappa shape index (κ1) is 12.1. The van der Waals surface area contributed by atoms with Crippen LogP contribution in [0.2, 0.25) is 0 Å². The van der Waals surface area contributed by atoms with Gasteiger partial charge in [0.2, 0.25) is 0 Å². The van der Waals surface area contributed by atoms with Crippen molar-refractivity contribution < 1.29 is 9.90 Å². The van der Waals surface area contributed by atoms with E-state index in [9.17, 15) is 9.90 Å². The van der Waals surface area contributed by atoms with Gasteiger partial charge in [0.05, 0.1) is 5.92 Å². The Labute approximate surface area is 102 Å². The van der Waals surface area contributed by atoms with Crippen LogP contribution in [0.25, 0.3) is 0 Å². The Morgan fingerprint density at radius 2 is 2.29 bits per heavy atom. The number of carboxylic acids is 1. The number of rotatable bonds is 4. The normalized spacial score (nSPS) is 24.8. The van der Waals surface area contributed by atoms with E-state index in [2.05, 4.69) is 4.98 Å². The highest BCUT2D eigenvalue weighted by atomic mass is 16.4. The number of aryl methyl sites for hydroxylation is 2. The quantitative estimate of drug-likeness (QED) is 0.872. The molecule has 2 unspecified atom stereocenters. The summed E-state index contributed by atoms with van der Waals surface area (Å²) in [4.78, 5) is 15.5.